The smallest absolute Gasteiger partial charge is 0.244 e. The third-order valence-corrected chi connectivity index (χ3v) is 4.24. The molecule has 0 unspecified atom stereocenters. The minimum atomic E-state index is -3.54. The fourth-order valence-electron chi connectivity index (χ4n) is 1.59. The van der Waals surface area contributed by atoms with E-state index in [1.807, 2.05) is 0 Å². The second-order valence-corrected chi connectivity index (χ2v) is 5.85. The SMILES string of the molecule is Cc1oc(C)c(S(=O)(=O)NC(C)C)c1CCl. The summed E-state index contributed by atoms with van der Waals surface area (Å²) in [5.74, 6) is 1.05. The molecule has 0 saturated carbocycles. The highest BCUT2D eigenvalue weighted by atomic mass is 35.5. The van der Waals surface area contributed by atoms with E-state index in [0.717, 1.165) is 0 Å². The van der Waals surface area contributed by atoms with E-state index in [9.17, 15) is 8.42 Å². The molecule has 4 nitrogen and oxygen atoms in total. The molecule has 1 aromatic heterocycles. The van der Waals surface area contributed by atoms with Crippen LogP contribution in [0, 0.1) is 13.8 Å². The monoisotopic (exact) mass is 265 g/mol. The van der Waals surface area contributed by atoms with E-state index in [1.54, 1.807) is 27.7 Å². The zero-order valence-corrected chi connectivity index (χ0v) is 11.4. The van der Waals surface area contributed by atoms with Crippen molar-refractivity contribution in [2.24, 2.45) is 0 Å². The molecular formula is C10H16ClNO3S. The third kappa shape index (κ3) is 2.59. The summed E-state index contributed by atoms with van der Waals surface area (Å²) >= 11 is 5.74. The quantitative estimate of drug-likeness (QED) is 0.850. The van der Waals surface area contributed by atoms with Crippen LogP contribution in [-0.2, 0) is 15.9 Å². The van der Waals surface area contributed by atoms with Gasteiger partial charge >= 0.3 is 0 Å². The number of rotatable bonds is 4. The molecule has 0 bridgehead atoms. The average molecular weight is 266 g/mol. The van der Waals surface area contributed by atoms with Crippen LogP contribution in [0.25, 0.3) is 0 Å². The van der Waals surface area contributed by atoms with Crippen molar-refractivity contribution in [3.63, 3.8) is 0 Å². The van der Waals surface area contributed by atoms with Crippen molar-refractivity contribution in [2.45, 2.75) is 44.5 Å². The molecule has 1 rings (SSSR count). The van der Waals surface area contributed by atoms with Gasteiger partial charge in [-0.1, -0.05) is 0 Å². The lowest BCUT2D eigenvalue weighted by atomic mass is 10.3. The summed E-state index contributed by atoms with van der Waals surface area (Å²) in [5.41, 5.74) is 0.535. The van der Waals surface area contributed by atoms with Crippen molar-refractivity contribution in [2.75, 3.05) is 0 Å². The van der Waals surface area contributed by atoms with Crippen molar-refractivity contribution < 1.29 is 12.8 Å². The molecule has 0 atom stereocenters. The Morgan fingerprint density at radius 3 is 2.31 bits per heavy atom. The minimum absolute atomic E-state index is 0.123. The van der Waals surface area contributed by atoms with Crippen molar-refractivity contribution in [3.05, 3.63) is 17.1 Å². The van der Waals surface area contributed by atoms with Crippen molar-refractivity contribution >= 4 is 21.6 Å². The van der Waals surface area contributed by atoms with Gasteiger partial charge in [0.05, 0.1) is 5.88 Å². The highest BCUT2D eigenvalue weighted by Gasteiger charge is 2.26. The molecule has 0 spiro atoms. The third-order valence-electron chi connectivity index (χ3n) is 2.12. The fourth-order valence-corrected chi connectivity index (χ4v) is 3.69. The molecule has 0 radical (unpaired) electrons. The maximum absolute atomic E-state index is 12.0. The number of hydrogen-bond donors (Lipinski definition) is 1. The number of sulfonamides is 1. The van der Waals surface area contributed by atoms with Crippen LogP contribution in [0.3, 0.4) is 0 Å². The second kappa shape index (κ2) is 4.77. The summed E-state index contributed by atoms with van der Waals surface area (Å²) in [6, 6.07) is -0.164. The molecule has 16 heavy (non-hydrogen) atoms. The molecule has 0 amide bonds. The first kappa shape index (κ1) is 13.5. The minimum Gasteiger partial charge on any atom is -0.465 e. The van der Waals surface area contributed by atoms with E-state index >= 15 is 0 Å². The maximum Gasteiger partial charge on any atom is 0.244 e. The Hall–Kier alpha value is -0.520. The number of furan rings is 1. The van der Waals surface area contributed by atoms with Gasteiger partial charge in [-0.25, -0.2) is 13.1 Å². The Morgan fingerprint density at radius 1 is 1.31 bits per heavy atom. The van der Waals surface area contributed by atoms with Gasteiger partial charge in [-0.15, -0.1) is 11.6 Å². The van der Waals surface area contributed by atoms with Crippen molar-refractivity contribution in [1.29, 1.82) is 0 Å². The van der Waals surface area contributed by atoms with Gasteiger partial charge in [-0.05, 0) is 27.7 Å². The number of alkyl halides is 1. The van der Waals surface area contributed by atoms with Gasteiger partial charge in [-0.3, -0.25) is 0 Å². The zero-order valence-electron chi connectivity index (χ0n) is 9.80. The lowest BCUT2D eigenvalue weighted by Crippen LogP contribution is -2.31. The van der Waals surface area contributed by atoms with Crippen LogP contribution < -0.4 is 4.72 Å². The van der Waals surface area contributed by atoms with E-state index in [4.69, 9.17) is 16.0 Å². The molecule has 1 heterocycles. The zero-order chi connectivity index (χ0) is 12.5. The van der Waals surface area contributed by atoms with E-state index in [0.29, 0.717) is 17.1 Å². The Bertz CT molecular complexity index is 476. The van der Waals surface area contributed by atoms with Gasteiger partial charge in [0.1, 0.15) is 16.4 Å². The molecule has 1 N–H and O–H groups in total. The predicted octanol–water partition coefficient (Wildman–Crippen LogP) is 2.32. The molecule has 0 aliphatic heterocycles. The van der Waals surface area contributed by atoms with Gasteiger partial charge in [0.2, 0.25) is 10.0 Å². The van der Waals surface area contributed by atoms with Crippen LogP contribution in [0.15, 0.2) is 9.31 Å². The first-order chi connectivity index (χ1) is 7.29. The van der Waals surface area contributed by atoms with Gasteiger partial charge in [0.15, 0.2) is 0 Å². The topological polar surface area (TPSA) is 59.3 Å². The Morgan fingerprint density at radius 2 is 1.88 bits per heavy atom. The van der Waals surface area contributed by atoms with Crippen LogP contribution in [0.4, 0.5) is 0 Å². The Balaban J connectivity index is 3.32. The van der Waals surface area contributed by atoms with Gasteiger partial charge in [-0.2, -0.15) is 0 Å². The second-order valence-electron chi connectivity index (χ2n) is 3.93. The van der Waals surface area contributed by atoms with Crippen molar-refractivity contribution in [3.8, 4) is 0 Å². The molecule has 6 heteroatoms. The van der Waals surface area contributed by atoms with Crippen LogP contribution in [-0.4, -0.2) is 14.5 Å². The number of halogens is 1. The van der Waals surface area contributed by atoms with Crippen LogP contribution >= 0.6 is 11.6 Å². The highest BCUT2D eigenvalue weighted by molar-refractivity contribution is 7.89. The lowest BCUT2D eigenvalue weighted by molar-refractivity contribution is 0.494. The summed E-state index contributed by atoms with van der Waals surface area (Å²) in [6.45, 7) is 6.86. The first-order valence-corrected chi connectivity index (χ1v) is 6.98. The van der Waals surface area contributed by atoms with Gasteiger partial charge in [0.25, 0.3) is 0 Å². The van der Waals surface area contributed by atoms with E-state index < -0.39 is 10.0 Å². The van der Waals surface area contributed by atoms with Gasteiger partial charge < -0.3 is 4.42 Å². The Kier molecular flexibility index (Phi) is 4.04. The average Bonchev–Trinajstić information content (AvgIpc) is 2.38. The highest BCUT2D eigenvalue weighted by Crippen LogP contribution is 2.27. The van der Waals surface area contributed by atoms with Crippen molar-refractivity contribution in [1.82, 2.24) is 4.72 Å². The summed E-state index contributed by atoms with van der Waals surface area (Å²) in [6.07, 6.45) is 0. The molecule has 0 fully saturated rings. The number of hydrogen-bond acceptors (Lipinski definition) is 3. The lowest BCUT2D eigenvalue weighted by Gasteiger charge is -2.09. The van der Waals surface area contributed by atoms with E-state index in [-0.39, 0.29) is 16.8 Å². The standard InChI is InChI=1S/C10H16ClNO3S/c1-6(2)12-16(13,14)10-8(4)15-7(3)9(10)5-11/h6,12H,5H2,1-4H3. The number of nitrogens with one attached hydrogen (secondary N) is 1. The largest absolute Gasteiger partial charge is 0.465 e. The fraction of sp³-hybridized carbons (Fsp3) is 0.600. The molecule has 1 aromatic rings. The van der Waals surface area contributed by atoms with Crippen LogP contribution in [0.5, 0.6) is 0 Å². The van der Waals surface area contributed by atoms with Crippen LogP contribution in [0.1, 0.15) is 30.9 Å². The molecule has 0 saturated heterocycles. The summed E-state index contributed by atoms with van der Waals surface area (Å²) in [5, 5.41) is 0. The van der Waals surface area contributed by atoms with E-state index in [2.05, 4.69) is 4.72 Å². The van der Waals surface area contributed by atoms with Gasteiger partial charge in [0, 0.05) is 11.6 Å². The molecule has 0 aliphatic carbocycles. The molecule has 0 aromatic carbocycles. The molecular weight excluding hydrogens is 250 g/mol. The summed E-state index contributed by atoms with van der Waals surface area (Å²) < 4.78 is 31.9. The van der Waals surface area contributed by atoms with E-state index in [1.165, 1.54) is 0 Å². The first-order valence-electron chi connectivity index (χ1n) is 4.96. The maximum atomic E-state index is 12.0. The van der Waals surface area contributed by atoms with Crippen LogP contribution in [0.2, 0.25) is 0 Å². The predicted molar refractivity (Wildman–Crippen MR) is 63.2 cm³/mol. The summed E-state index contributed by atoms with van der Waals surface area (Å²) in [7, 11) is -3.54. The Labute approximate surface area is 101 Å². The normalized spacial score (nSPS) is 12.4. The molecule has 0 aliphatic rings. The summed E-state index contributed by atoms with van der Waals surface area (Å²) in [4.78, 5) is 0.175. The molecule has 92 valence electrons. The number of aryl methyl sites for hydroxylation is 2.